The SMILES string of the molecule is NC[C@]1(C2C=CC=C(Cl)C2)CC[C@@H](NCCCN2C(=O)CCC2=O)CC1. The summed E-state index contributed by atoms with van der Waals surface area (Å²) < 4.78 is 0. The number of hydrogen-bond acceptors (Lipinski definition) is 4. The van der Waals surface area contributed by atoms with Crippen molar-refractivity contribution < 1.29 is 9.59 Å². The molecule has 0 aromatic heterocycles. The Morgan fingerprint density at radius 3 is 2.54 bits per heavy atom. The molecule has 3 N–H and O–H groups in total. The van der Waals surface area contributed by atoms with Gasteiger partial charge in [0.25, 0.3) is 0 Å². The molecule has 1 saturated carbocycles. The zero-order chi connectivity index (χ0) is 18.6. The van der Waals surface area contributed by atoms with E-state index in [1.165, 1.54) is 4.90 Å². The number of rotatable bonds is 7. The zero-order valence-electron chi connectivity index (χ0n) is 15.4. The van der Waals surface area contributed by atoms with Crippen LogP contribution in [0.1, 0.15) is 51.4 Å². The first-order valence-electron chi connectivity index (χ1n) is 9.83. The Hall–Kier alpha value is -1.17. The topological polar surface area (TPSA) is 75.4 Å². The fourth-order valence-corrected chi connectivity index (χ4v) is 4.84. The standard InChI is InChI=1S/C20H30ClN3O2/c21-16-4-1-3-15(13-16)20(14-22)9-7-17(8-10-20)23-11-2-12-24-18(25)5-6-19(24)26/h1,3-4,15,17,23H,2,5-14,22H2/t15?,17-,20+. The van der Waals surface area contributed by atoms with Gasteiger partial charge in [0.05, 0.1) is 0 Å². The third kappa shape index (κ3) is 4.38. The lowest BCUT2D eigenvalue weighted by atomic mass is 9.63. The van der Waals surface area contributed by atoms with Crippen molar-refractivity contribution in [2.45, 2.75) is 57.4 Å². The molecule has 0 bridgehead atoms. The molecule has 3 rings (SSSR count). The maximum Gasteiger partial charge on any atom is 0.229 e. The average Bonchev–Trinajstić information content (AvgIpc) is 2.97. The first-order chi connectivity index (χ1) is 12.5. The van der Waals surface area contributed by atoms with Crippen molar-refractivity contribution in [3.8, 4) is 0 Å². The fraction of sp³-hybridized carbons (Fsp3) is 0.700. The van der Waals surface area contributed by atoms with Gasteiger partial charge in [-0.25, -0.2) is 0 Å². The van der Waals surface area contributed by atoms with Crippen molar-refractivity contribution >= 4 is 23.4 Å². The maximum absolute atomic E-state index is 11.6. The molecule has 0 aromatic rings. The minimum atomic E-state index is -0.0198. The van der Waals surface area contributed by atoms with Gasteiger partial charge in [-0.1, -0.05) is 23.8 Å². The van der Waals surface area contributed by atoms with Crippen LogP contribution in [-0.2, 0) is 9.59 Å². The first-order valence-corrected chi connectivity index (χ1v) is 10.2. The van der Waals surface area contributed by atoms with Gasteiger partial charge >= 0.3 is 0 Å². The van der Waals surface area contributed by atoms with Crippen LogP contribution in [0.5, 0.6) is 0 Å². The van der Waals surface area contributed by atoms with Gasteiger partial charge in [0.1, 0.15) is 0 Å². The van der Waals surface area contributed by atoms with E-state index in [-0.39, 0.29) is 17.2 Å². The highest BCUT2D eigenvalue weighted by molar-refractivity contribution is 6.29. The summed E-state index contributed by atoms with van der Waals surface area (Å²) in [5.41, 5.74) is 6.36. The highest BCUT2D eigenvalue weighted by Crippen LogP contribution is 2.46. The molecule has 26 heavy (non-hydrogen) atoms. The van der Waals surface area contributed by atoms with Crippen LogP contribution in [0.25, 0.3) is 0 Å². The van der Waals surface area contributed by atoms with Crippen molar-refractivity contribution in [2.24, 2.45) is 17.1 Å². The maximum atomic E-state index is 11.6. The van der Waals surface area contributed by atoms with Gasteiger partial charge in [0, 0.05) is 30.5 Å². The smallest absolute Gasteiger partial charge is 0.229 e. The summed E-state index contributed by atoms with van der Waals surface area (Å²) in [5, 5.41) is 4.53. The average molecular weight is 380 g/mol. The summed E-state index contributed by atoms with van der Waals surface area (Å²) in [4.78, 5) is 24.6. The molecule has 1 saturated heterocycles. The molecule has 1 unspecified atom stereocenters. The summed E-state index contributed by atoms with van der Waals surface area (Å²) in [5.74, 6) is 0.403. The van der Waals surface area contributed by atoms with Gasteiger partial charge < -0.3 is 11.1 Å². The Morgan fingerprint density at radius 2 is 1.92 bits per heavy atom. The lowest BCUT2D eigenvalue weighted by Gasteiger charge is -2.45. The third-order valence-corrected chi connectivity index (χ3v) is 6.64. The minimum Gasteiger partial charge on any atom is -0.330 e. The van der Waals surface area contributed by atoms with Crippen LogP contribution in [0, 0.1) is 11.3 Å². The van der Waals surface area contributed by atoms with Crippen LogP contribution in [-0.4, -0.2) is 42.4 Å². The number of nitrogens with two attached hydrogens (primary N) is 1. The molecule has 1 atom stereocenters. The van der Waals surface area contributed by atoms with Crippen molar-refractivity contribution in [3.05, 3.63) is 23.3 Å². The van der Waals surface area contributed by atoms with Crippen LogP contribution in [0.2, 0.25) is 0 Å². The number of carbonyl (C=O) groups is 2. The molecule has 2 aliphatic carbocycles. The Bertz CT molecular complexity index is 578. The van der Waals surface area contributed by atoms with Crippen molar-refractivity contribution in [1.82, 2.24) is 10.2 Å². The highest BCUT2D eigenvalue weighted by Gasteiger charge is 2.40. The van der Waals surface area contributed by atoms with E-state index in [4.69, 9.17) is 17.3 Å². The van der Waals surface area contributed by atoms with E-state index in [2.05, 4.69) is 17.5 Å². The highest BCUT2D eigenvalue weighted by atomic mass is 35.5. The number of carbonyl (C=O) groups excluding carboxylic acids is 2. The van der Waals surface area contributed by atoms with E-state index in [1.54, 1.807) is 0 Å². The molecule has 6 heteroatoms. The summed E-state index contributed by atoms with van der Waals surface area (Å²) in [6, 6.07) is 0.498. The Kier molecular flexibility index (Phi) is 6.54. The number of likely N-dealkylation sites (tertiary alicyclic amines) is 1. The summed E-state index contributed by atoms with van der Waals surface area (Å²) >= 11 is 6.24. The van der Waals surface area contributed by atoms with Gasteiger partial charge in [0.2, 0.25) is 11.8 Å². The van der Waals surface area contributed by atoms with E-state index >= 15 is 0 Å². The van der Waals surface area contributed by atoms with Crippen LogP contribution >= 0.6 is 11.6 Å². The Labute approximate surface area is 161 Å². The molecular weight excluding hydrogens is 350 g/mol. The lowest BCUT2D eigenvalue weighted by Crippen LogP contribution is -2.45. The molecule has 5 nitrogen and oxygen atoms in total. The quantitative estimate of drug-likeness (QED) is 0.526. The van der Waals surface area contributed by atoms with Crippen molar-refractivity contribution in [1.29, 1.82) is 0 Å². The molecule has 0 spiro atoms. The molecule has 2 amide bonds. The minimum absolute atomic E-state index is 0.0198. The normalized spacial score (nSPS) is 32.2. The second-order valence-electron chi connectivity index (χ2n) is 7.90. The van der Waals surface area contributed by atoms with Crippen LogP contribution in [0.4, 0.5) is 0 Å². The van der Waals surface area contributed by atoms with Crippen molar-refractivity contribution in [2.75, 3.05) is 19.6 Å². The van der Waals surface area contributed by atoms with Crippen LogP contribution in [0.15, 0.2) is 23.3 Å². The first kappa shape index (κ1) is 19.6. The van der Waals surface area contributed by atoms with Crippen LogP contribution in [0.3, 0.4) is 0 Å². The number of hydrogen-bond donors (Lipinski definition) is 2. The predicted molar refractivity (Wildman–Crippen MR) is 104 cm³/mol. The van der Waals surface area contributed by atoms with Crippen molar-refractivity contribution in [3.63, 3.8) is 0 Å². The van der Waals surface area contributed by atoms with Gasteiger partial charge in [-0.05, 0) is 69.0 Å². The fourth-order valence-electron chi connectivity index (χ4n) is 4.60. The number of imide groups is 1. The van der Waals surface area contributed by atoms with Gasteiger partial charge in [0.15, 0.2) is 0 Å². The molecule has 0 radical (unpaired) electrons. The summed E-state index contributed by atoms with van der Waals surface area (Å²) in [6.07, 6.45) is 13.3. The molecule has 144 valence electrons. The molecular formula is C20H30ClN3O2. The molecule has 0 aromatic carbocycles. The second kappa shape index (κ2) is 8.68. The zero-order valence-corrected chi connectivity index (χ0v) is 16.1. The number of allylic oxidation sites excluding steroid dienone is 4. The molecule has 3 aliphatic rings. The number of nitrogens with zero attached hydrogens (tertiary/aromatic N) is 1. The number of nitrogens with one attached hydrogen (secondary N) is 1. The van der Waals surface area contributed by atoms with E-state index in [0.29, 0.717) is 37.9 Å². The molecule has 1 aliphatic heterocycles. The van der Waals surface area contributed by atoms with Gasteiger partial charge in [-0.15, -0.1) is 0 Å². The third-order valence-electron chi connectivity index (χ3n) is 6.36. The van der Waals surface area contributed by atoms with E-state index in [1.807, 2.05) is 6.08 Å². The summed E-state index contributed by atoms with van der Waals surface area (Å²) in [6.45, 7) is 2.09. The van der Waals surface area contributed by atoms with Crippen LogP contribution < -0.4 is 11.1 Å². The second-order valence-corrected chi connectivity index (χ2v) is 8.38. The summed E-state index contributed by atoms with van der Waals surface area (Å²) in [7, 11) is 0. The van der Waals surface area contributed by atoms with E-state index in [0.717, 1.165) is 50.1 Å². The lowest BCUT2D eigenvalue weighted by molar-refractivity contribution is -0.138. The largest absolute Gasteiger partial charge is 0.330 e. The number of amides is 2. The Balaban J connectivity index is 1.40. The van der Waals surface area contributed by atoms with E-state index in [9.17, 15) is 9.59 Å². The van der Waals surface area contributed by atoms with Gasteiger partial charge in [-0.2, -0.15) is 0 Å². The molecule has 1 heterocycles. The van der Waals surface area contributed by atoms with Gasteiger partial charge in [-0.3, -0.25) is 14.5 Å². The predicted octanol–water partition coefficient (Wildman–Crippen LogP) is 2.70. The molecule has 2 fully saturated rings. The Morgan fingerprint density at radius 1 is 1.23 bits per heavy atom. The number of halogens is 1. The van der Waals surface area contributed by atoms with E-state index < -0.39 is 0 Å². The monoisotopic (exact) mass is 379 g/mol.